The Bertz CT molecular complexity index is 348. The van der Waals surface area contributed by atoms with Crippen molar-refractivity contribution in [3.8, 4) is 0 Å². The first-order chi connectivity index (χ1) is 7.47. The monoisotopic (exact) mass is 284 g/mol. The van der Waals surface area contributed by atoms with Gasteiger partial charge in [-0.05, 0) is 24.3 Å². The van der Waals surface area contributed by atoms with Crippen molar-refractivity contribution in [2.24, 2.45) is 5.92 Å². The standard InChI is InChI=1S/C13H17BrO2/c1-10(2)8-9-13(14,12(15)16)11-6-4-3-5-7-11/h3-7,10H,8-9H2,1-2H3,(H,15,16). The molecule has 1 atom stereocenters. The summed E-state index contributed by atoms with van der Waals surface area (Å²) in [5, 5.41) is 9.35. The maximum absolute atomic E-state index is 11.4. The van der Waals surface area contributed by atoms with E-state index in [9.17, 15) is 9.90 Å². The normalized spacial score (nSPS) is 14.8. The highest BCUT2D eigenvalue weighted by molar-refractivity contribution is 9.10. The first-order valence-corrected chi connectivity index (χ1v) is 6.24. The minimum absolute atomic E-state index is 0.500. The van der Waals surface area contributed by atoms with Crippen LogP contribution in [-0.2, 0) is 9.12 Å². The van der Waals surface area contributed by atoms with Crippen molar-refractivity contribution in [3.63, 3.8) is 0 Å². The number of carbonyl (C=O) groups is 1. The van der Waals surface area contributed by atoms with E-state index >= 15 is 0 Å². The first kappa shape index (κ1) is 13.2. The van der Waals surface area contributed by atoms with E-state index in [0.717, 1.165) is 12.0 Å². The molecular formula is C13H17BrO2. The maximum Gasteiger partial charge on any atom is 0.325 e. The van der Waals surface area contributed by atoms with Gasteiger partial charge in [-0.25, -0.2) is 0 Å². The van der Waals surface area contributed by atoms with Crippen molar-refractivity contribution < 1.29 is 9.90 Å². The number of carboxylic acids is 1. The minimum Gasteiger partial charge on any atom is -0.480 e. The lowest BCUT2D eigenvalue weighted by Crippen LogP contribution is -2.29. The van der Waals surface area contributed by atoms with Gasteiger partial charge in [-0.3, -0.25) is 4.79 Å². The molecule has 0 aliphatic carbocycles. The molecule has 2 nitrogen and oxygen atoms in total. The van der Waals surface area contributed by atoms with Gasteiger partial charge in [-0.1, -0.05) is 60.1 Å². The molecule has 0 bridgehead atoms. The number of hydrogen-bond acceptors (Lipinski definition) is 1. The second kappa shape index (κ2) is 5.48. The fourth-order valence-electron chi connectivity index (χ4n) is 1.56. The molecule has 1 rings (SSSR count). The quantitative estimate of drug-likeness (QED) is 0.835. The van der Waals surface area contributed by atoms with Gasteiger partial charge in [-0.2, -0.15) is 0 Å². The van der Waals surface area contributed by atoms with Crippen LogP contribution in [0.15, 0.2) is 30.3 Å². The van der Waals surface area contributed by atoms with E-state index in [1.807, 2.05) is 30.3 Å². The Morgan fingerprint density at radius 1 is 1.38 bits per heavy atom. The van der Waals surface area contributed by atoms with E-state index in [2.05, 4.69) is 29.8 Å². The summed E-state index contributed by atoms with van der Waals surface area (Å²) >= 11 is 3.39. The van der Waals surface area contributed by atoms with Gasteiger partial charge in [-0.15, -0.1) is 0 Å². The van der Waals surface area contributed by atoms with E-state index in [0.29, 0.717) is 12.3 Å². The number of halogens is 1. The fourth-order valence-corrected chi connectivity index (χ4v) is 2.06. The third-order valence-electron chi connectivity index (χ3n) is 2.64. The maximum atomic E-state index is 11.4. The number of hydrogen-bond donors (Lipinski definition) is 1. The second-order valence-electron chi connectivity index (χ2n) is 4.40. The molecule has 3 heteroatoms. The number of rotatable bonds is 5. The van der Waals surface area contributed by atoms with E-state index in [1.165, 1.54) is 0 Å². The van der Waals surface area contributed by atoms with Crippen molar-refractivity contribution in [2.75, 3.05) is 0 Å². The lowest BCUT2D eigenvalue weighted by molar-refractivity contribution is -0.140. The van der Waals surface area contributed by atoms with Crippen molar-refractivity contribution in [1.82, 2.24) is 0 Å². The molecule has 1 N–H and O–H groups in total. The highest BCUT2D eigenvalue weighted by atomic mass is 79.9. The number of alkyl halides is 1. The van der Waals surface area contributed by atoms with Gasteiger partial charge >= 0.3 is 5.97 Å². The van der Waals surface area contributed by atoms with Crippen LogP contribution in [0.2, 0.25) is 0 Å². The molecule has 0 aliphatic heterocycles. The van der Waals surface area contributed by atoms with Gasteiger partial charge in [0.25, 0.3) is 0 Å². The lowest BCUT2D eigenvalue weighted by Gasteiger charge is -2.24. The lowest BCUT2D eigenvalue weighted by atomic mass is 9.91. The molecule has 0 radical (unpaired) electrons. The zero-order chi connectivity index (χ0) is 12.2. The minimum atomic E-state index is -0.946. The van der Waals surface area contributed by atoms with E-state index in [1.54, 1.807) is 0 Å². The average molecular weight is 285 g/mol. The summed E-state index contributed by atoms with van der Waals surface area (Å²) in [5.41, 5.74) is 0.808. The Hall–Kier alpha value is -0.830. The summed E-state index contributed by atoms with van der Waals surface area (Å²) < 4.78 is -0.946. The summed E-state index contributed by atoms with van der Waals surface area (Å²) in [7, 11) is 0. The van der Waals surface area contributed by atoms with Gasteiger partial charge in [0.2, 0.25) is 0 Å². The molecule has 16 heavy (non-hydrogen) atoms. The summed E-state index contributed by atoms with van der Waals surface area (Å²) in [6.45, 7) is 4.19. The highest BCUT2D eigenvalue weighted by Crippen LogP contribution is 2.37. The molecule has 1 aromatic carbocycles. The van der Waals surface area contributed by atoms with Crippen LogP contribution >= 0.6 is 15.9 Å². The molecule has 0 aliphatic rings. The Labute approximate surface area is 105 Å². The molecule has 0 heterocycles. The fraction of sp³-hybridized carbons (Fsp3) is 0.462. The molecule has 1 aromatic rings. The average Bonchev–Trinajstić information content (AvgIpc) is 2.26. The smallest absolute Gasteiger partial charge is 0.325 e. The summed E-state index contributed by atoms with van der Waals surface area (Å²) in [4.78, 5) is 11.4. The predicted octanol–water partition coefficient (Wildman–Crippen LogP) is 3.80. The van der Waals surface area contributed by atoms with Gasteiger partial charge < -0.3 is 5.11 Å². The van der Waals surface area contributed by atoms with Gasteiger partial charge in [0.05, 0.1) is 0 Å². The summed E-state index contributed by atoms with van der Waals surface area (Å²) in [5.74, 6) is -0.320. The van der Waals surface area contributed by atoms with Gasteiger partial charge in [0.1, 0.15) is 4.32 Å². The van der Waals surface area contributed by atoms with Crippen molar-refractivity contribution in [2.45, 2.75) is 31.0 Å². The molecule has 0 aromatic heterocycles. The molecule has 1 unspecified atom stereocenters. The van der Waals surface area contributed by atoms with Crippen molar-refractivity contribution >= 4 is 21.9 Å². The van der Waals surface area contributed by atoms with Crippen LogP contribution in [0.4, 0.5) is 0 Å². The molecule has 0 saturated heterocycles. The first-order valence-electron chi connectivity index (χ1n) is 5.44. The molecule has 0 fully saturated rings. The van der Waals surface area contributed by atoms with Crippen LogP contribution in [0.3, 0.4) is 0 Å². The van der Waals surface area contributed by atoms with Crippen LogP contribution in [0, 0.1) is 5.92 Å². The molecule has 88 valence electrons. The molecule has 0 spiro atoms. The van der Waals surface area contributed by atoms with Crippen molar-refractivity contribution in [1.29, 1.82) is 0 Å². The topological polar surface area (TPSA) is 37.3 Å². The third-order valence-corrected chi connectivity index (χ3v) is 3.83. The highest BCUT2D eigenvalue weighted by Gasteiger charge is 2.36. The number of benzene rings is 1. The molecule has 0 amide bonds. The second-order valence-corrected chi connectivity index (χ2v) is 5.76. The van der Waals surface area contributed by atoms with Crippen LogP contribution in [0.1, 0.15) is 32.3 Å². The summed E-state index contributed by atoms with van der Waals surface area (Å²) in [6.07, 6.45) is 1.48. The Morgan fingerprint density at radius 3 is 2.38 bits per heavy atom. The largest absolute Gasteiger partial charge is 0.480 e. The van der Waals surface area contributed by atoms with Crippen LogP contribution in [0.25, 0.3) is 0 Å². The van der Waals surface area contributed by atoms with Gasteiger partial charge in [0.15, 0.2) is 0 Å². The van der Waals surface area contributed by atoms with Crippen molar-refractivity contribution in [3.05, 3.63) is 35.9 Å². The van der Waals surface area contributed by atoms with Crippen LogP contribution in [0.5, 0.6) is 0 Å². The van der Waals surface area contributed by atoms with E-state index in [-0.39, 0.29) is 0 Å². The predicted molar refractivity (Wildman–Crippen MR) is 68.8 cm³/mol. The Morgan fingerprint density at radius 2 is 1.94 bits per heavy atom. The van der Waals surface area contributed by atoms with E-state index < -0.39 is 10.3 Å². The zero-order valence-corrected chi connectivity index (χ0v) is 11.2. The van der Waals surface area contributed by atoms with Crippen LogP contribution in [-0.4, -0.2) is 11.1 Å². The summed E-state index contributed by atoms with van der Waals surface area (Å²) in [6, 6.07) is 9.32. The van der Waals surface area contributed by atoms with Crippen LogP contribution < -0.4 is 0 Å². The Kier molecular flexibility index (Phi) is 4.54. The number of carboxylic acid groups (broad SMARTS) is 1. The zero-order valence-electron chi connectivity index (χ0n) is 9.61. The molecular weight excluding hydrogens is 268 g/mol. The van der Waals surface area contributed by atoms with E-state index in [4.69, 9.17) is 0 Å². The SMILES string of the molecule is CC(C)CCC(Br)(C(=O)O)c1ccccc1. The number of aliphatic carboxylic acids is 1. The Balaban J connectivity index is 2.93. The van der Waals surface area contributed by atoms with Gasteiger partial charge in [0, 0.05) is 0 Å². The molecule has 0 saturated carbocycles. The third kappa shape index (κ3) is 3.08.